The minimum absolute atomic E-state index is 0.0536. The topological polar surface area (TPSA) is 92.6 Å². The summed E-state index contributed by atoms with van der Waals surface area (Å²) in [6.07, 6.45) is 0.512. The number of rotatable bonds is 8. The molecule has 0 saturated heterocycles. The highest BCUT2D eigenvalue weighted by Crippen LogP contribution is 2.20. The van der Waals surface area contributed by atoms with E-state index in [-0.39, 0.29) is 23.4 Å². The van der Waals surface area contributed by atoms with Gasteiger partial charge in [-0.15, -0.1) is 11.6 Å². The van der Waals surface area contributed by atoms with Crippen molar-refractivity contribution in [2.45, 2.75) is 6.42 Å². The molecule has 2 rings (SSSR count). The molecule has 0 atom stereocenters. The Hall–Kier alpha value is -2.93. The molecule has 8 heteroatoms. The molecule has 136 valence electrons. The van der Waals surface area contributed by atoms with Gasteiger partial charge in [-0.1, -0.05) is 18.2 Å². The number of non-ortho nitro benzene ring substituents is 1. The molecule has 2 aromatic rings. The van der Waals surface area contributed by atoms with Gasteiger partial charge in [0.25, 0.3) is 11.6 Å². The van der Waals surface area contributed by atoms with E-state index < -0.39 is 4.92 Å². The van der Waals surface area contributed by atoms with Crippen molar-refractivity contribution in [3.8, 4) is 0 Å². The van der Waals surface area contributed by atoms with E-state index in [1.54, 1.807) is 24.3 Å². The molecule has 0 bridgehead atoms. The van der Waals surface area contributed by atoms with Gasteiger partial charge in [0, 0.05) is 36.5 Å². The van der Waals surface area contributed by atoms with E-state index in [1.165, 1.54) is 29.2 Å². The van der Waals surface area contributed by atoms with E-state index in [9.17, 15) is 19.7 Å². The molecule has 0 radical (unpaired) electrons. The Balaban J connectivity index is 1.93. The number of nitro benzene ring substituents is 1. The predicted molar refractivity (Wildman–Crippen MR) is 99.6 cm³/mol. The lowest BCUT2D eigenvalue weighted by atomic mass is 10.2. The number of benzene rings is 2. The minimum atomic E-state index is -0.503. The van der Waals surface area contributed by atoms with Gasteiger partial charge in [0.15, 0.2) is 0 Å². The molecule has 2 aromatic carbocycles. The number of halogens is 1. The molecule has 0 aliphatic carbocycles. The zero-order valence-corrected chi connectivity index (χ0v) is 14.7. The van der Waals surface area contributed by atoms with Crippen LogP contribution in [0.3, 0.4) is 0 Å². The maximum absolute atomic E-state index is 12.1. The van der Waals surface area contributed by atoms with Gasteiger partial charge in [-0.25, -0.2) is 0 Å². The summed E-state index contributed by atoms with van der Waals surface area (Å²) in [5.74, 6) is -0.695. The molecule has 1 N–H and O–H groups in total. The Labute approximate surface area is 155 Å². The second kappa shape index (κ2) is 9.53. The van der Waals surface area contributed by atoms with E-state index in [0.717, 1.165) is 0 Å². The van der Waals surface area contributed by atoms with Crippen LogP contribution in [0.25, 0.3) is 0 Å². The summed E-state index contributed by atoms with van der Waals surface area (Å²) < 4.78 is 0. The van der Waals surface area contributed by atoms with Crippen molar-refractivity contribution < 1.29 is 14.5 Å². The van der Waals surface area contributed by atoms with Crippen LogP contribution in [0.1, 0.15) is 16.8 Å². The molecule has 26 heavy (non-hydrogen) atoms. The average molecular weight is 376 g/mol. The predicted octanol–water partition coefficient (Wildman–Crippen LogP) is 2.99. The van der Waals surface area contributed by atoms with Gasteiger partial charge >= 0.3 is 0 Å². The van der Waals surface area contributed by atoms with Crippen LogP contribution in [-0.4, -0.2) is 35.7 Å². The molecule has 0 aliphatic rings. The van der Waals surface area contributed by atoms with Crippen LogP contribution in [0, 0.1) is 10.1 Å². The van der Waals surface area contributed by atoms with E-state index in [0.29, 0.717) is 30.8 Å². The van der Waals surface area contributed by atoms with Gasteiger partial charge < -0.3 is 10.2 Å². The van der Waals surface area contributed by atoms with Gasteiger partial charge in [-0.05, 0) is 30.7 Å². The third-order valence-corrected chi connectivity index (χ3v) is 3.90. The summed E-state index contributed by atoms with van der Waals surface area (Å²) in [4.78, 5) is 35.7. The number of carbonyl (C=O) groups excluding carboxylic acids is 2. The Kier molecular flexibility index (Phi) is 7.11. The number of carbonyl (C=O) groups is 2. The SMILES string of the molecule is O=C(NCCCN(C(=O)CCl)c1ccc([N+](=O)[O-])cc1)c1ccccc1. The van der Waals surface area contributed by atoms with Crippen LogP contribution in [0.2, 0.25) is 0 Å². The zero-order valence-electron chi connectivity index (χ0n) is 13.9. The van der Waals surface area contributed by atoms with Gasteiger partial charge in [-0.2, -0.15) is 0 Å². The van der Waals surface area contributed by atoms with Gasteiger partial charge in [-0.3, -0.25) is 19.7 Å². The van der Waals surface area contributed by atoms with Gasteiger partial charge in [0.2, 0.25) is 5.91 Å². The summed E-state index contributed by atoms with van der Waals surface area (Å²) in [5.41, 5.74) is 1.04. The van der Waals surface area contributed by atoms with Crippen LogP contribution in [0.15, 0.2) is 54.6 Å². The lowest BCUT2D eigenvalue weighted by Gasteiger charge is -2.22. The maximum Gasteiger partial charge on any atom is 0.269 e. The van der Waals surface area contributed by atoms with Gasteiger partial charge in [0.05, 0.1) is 4.92 Å². The molecule has 0 aromatic heterocycles. The number of anilines is 1. The Morgan fingerprint density at radius 1 is 1.08 bits per heavy atom. The van der Waals surface area contributed by atoms with E-state index in [2.05, 4.69) is 5.32 Å². The first kappa shape index (κ1) is 19.4. The first-order chi connectivity index (χ1) is 12.5. The Morgan fingerprint density at radius 3 is 2.31 bits per heavy atom. The van der Waals surface area contributed by atoms with Crippen molar-refractivity contribution in [3.05, 3.63) is 70.3 Å². The number of alkyl halides is 1. The standard InChI is InChI=1S/C18H18ClN3O4/c19-13-17(23)21(15-7-9-16(10-8-15)22(25)26)12-4-11-20-18(24)14-5-2-1-3-6-14/h1-3,5-10H,4,11-13H2,(H,20,24). The highest BCUT2D eigenvalue weighted by molar-refractivity contribution is 6.29. The third kappa shape index (κ3) is 5.29. The average Bonchev–Trinajstić information content (AvgIpc) is 2.68. The Bertz CT molecular complexity index is 766. The quantitative estimate of drug-likeness (QED) is 0.332. The number of nitrogens with zero attached hydrogens (tertiary/aromatic N) is 2. The van der Waals surface area contributed by atoms with E-state index in [4.69, 9.17) is 11.6 Å². The second-order valence-electron chi connectivity index (χ2n) is 5.43. The van der Waals surface area contributed by atoms with Crippen molar-refractivity contribution in [3.63, 3.8) is 0 Å². The van der Waals surface area contributed by atoms with E-state index in [1.807, 2.05) is 6.07 Å². The van der Waals surface area contributed by atoms with Crippen LogP contribution in [-0.2, 0) is 4.79 Å². The highest BCUT2D eigenvalue weighted by Gasteiger charge is 2.16. The molecule has 0 saturated carbocycles. The number of hydrogen-bond acceptors (Lipinski definition) is 4. The number of amides is 2. The normalized spacial score (nSPS) is 10.2. The molecule has 0 aliphatic heterocycles. The number of nitro groups is 1. The summed E-state index contributed by atoms with van der Waals surface area (Å²) in [6.45, 7) is 0.714. The summed E-state index contributed by atoms with van der Waals surface area (Å²) in [6, 6.07) is 14.5. The van der Waals surface area contributed by atoms with Crippen LogP contribution in [0.5, 0.6) is 0 Å². The third-order valence-electron chi connectivity index (χ3n) is 3.67. The van der Waals surface area contributed by atoms with Crippen LogP contribution in [0.4, 0.5) is 11.4 Å². The summed E-state index contributed by atoms with van der Waals surface area (Å²) in [7, 11) is 0. The molecular formula is C18H18ClN3O4. The fourth-order valence-corrected chi connectivity index (χ4v) is 2.50. The molecule has 7 nitrogen and oxygen atoms in total. The lowest BCUT2D eigenvalue weighted by molar-refractivity contribution is -0.384. The molecular weight excluding hydrogens is 358 g/mol. The number of hydrogen-bond donors (Lipinski definition) is 1. The minimum Gasteiger partial charge on any atom is -0.352 e. The molecule has 0 spiro atoms. The fraction of sp³-hybridized carbons (Fsp3) is 0.222. The molecule has 0 unspecified atom stereocenters. The van der Waals surface area contributed by atoms with Gasteiger partial charge in [0.1, 0.15) is 5.88 Å². The van der Waals surface area contributed by atoms with Crippen molar-refractivity contribution in [2.24, 2.45) is 0 Å². The molecule has 0 heterocycles. The zero-order chi connectivity index (χ0) is 18.9. The van der Waals surface area contributed by atoms with Crippen molar-refractivity contribution >= 4 is 34.8 Å². The van der Waals surface area contributed by atoms with Crippen LogP contribution < -0.4 is 10.2 Å². The van der Waals surface area contributed by atoms with Crippen molar-refractivity contribution in [2.75, 3.05) is 23.9 Å². The molecule has 2 amide bonds. The number of nitrogens with one attached hydrogen (secondary N) is 1. The summed E-state index contributed by atoms with van der Waals surface area (Å²) in [5, 5.41) is 13.5. The van der Waals surface area contributed by atoms with Crippen molar-refractivity contribution in [1.29, 1.82) is 0 Å². The summed E-state index contributed by atoms with van der Waals surface area (Å²) >= 11 is 5.65. The first-order valence-electron chi connectivity index (χ1n) is 7.97. The maximum atomic E-state index is 12.1. The van der Waals surface area contributed by atoms with Crippen LogP contribution >= 0.6 is 11.6 Å². The highest BCUT2D eigenvalue weighted by atomic mass is 35.5. The largest absolute Gasteiger partial charge is 0.352 e. The smallest absolute Gasteiger partial charge is 0.269 e. The second-order valence-corrected chi connectivity index (χ2v) is 5.70. The monoisotopic (exact) mass is 375 g/mol. The van der Waals surface area contributed by atoms with Crippen molar-refractivity contribution in [1.82, 2.24) is 5.32 Å². The Morgan fingerprint density at radius 2 is 1.73 bits per heavy atom. The first-order valence-corrected chi connectivity index (χ1v) is 8.50. The molecule has 0 fully saturated rings. The lowest BCUT2D eigenvalue weighted by Crippen LogP contribution is -2.35. The van der Waals surface area contributed by atoms with E-state index >= 15 is 0 Å². The fourth-order valence-electron chi connectivity index (χ4n) is 2.35.